The van der Waals surface area contributed by atoms with Crippen LogP contribution in [-0.4, -0.2) is 78.7 Å². The van der Waals surface area contributed by atoms with Gasteiger partial charge in [0.2, 0.25) is 29.5 Å². The fourth-order valence-corrected chi connectivity index (χ4v) is 7.38. The minimum atomic E-state index is -0.964. The quantitative estimate of drug-likeness (QED) is 0.222. The first-order chi connectivity index (χ1) is 21.9. The summed E-state index contributed by atoms with van der Waals surface area (Å²) in [4.78, 5) is 66.4. The van der Waals surface area contributed by atoms with Gasteiger partial charge in [0.1, 0.15) is 12.1 Å². The first-order valence-electron chi connectivity index (χ1n) is 16.2. The molecule has 2 aliphatic heterocycles. The Morgan fingerprint density at radius 1 is 0.826 bits per heavy atom. The van der Waals surface area contributed by atoms with E-state index in [9.17, 15) is 24.0 Å². The molecule has 0 bridgehead atoms. The predicted molar refractivity (Wildman–Crippen MR) is 173 cm³/mol. The fourth-order valence-electron chi connectivity index (χ4n) is 7.38. The molecule has 0 aromatic heterocycles. The summed E-state index contributed by atoms with van der Waals surface area (Å²) in [6.45, 7) is 5.72. The molecular weight excluding hydrogens is 584 g/mol. The molecule has 246 valence electrons. The molecule has 2 aromatic rings. The molecule has 2 spiro atoms. The van der Waals surface area contributed by atoms with E-state index < -0.39 is 35.8 Å². The average molecular weight is 631 g/mol. The number of hydrogen-bond donors (Lipinski definition) is 5. The van der Waals surface area contributed by atoms with Crippen LogP contribution in [0, 0.1) is 16.7 Å². The molecule has 3 atom stereocenters. The van der Waals surface area contributed by atoms with Crippen molar-refractivity contribution in [2.45, 2.75) is 70.5 Å². The topological polar surface area (TPSA) is 163 Å². The molecule has 2 heterocycles. The number of likely N-dealkylation sites (tertiary alicyclic amines) is 1. The number of amides is 5. The number of nitrogens with two attached hydrogens (primary N) is 1. The molecule has 46 heavy (non-hydrogen) atoms. The lowest BCUT2D eigenvalue weighted by Gasteiger charge is -2.63. The van der Waals surface area contributed by atoms with E-state index in [4.69, 9.17) is 5.73 Å². The largest absolute Gasteiger partial charge is 0.356 e. The van der Waals surface area contributed by atoms with Gasteiger partial charge in [0.15, 0.2) is 0 Å². The summed E-state index contributed by atoms with van der Waals surface area (Å²) in [5, 5.41) is 11.3. The van der Waals surface area contributed by atoms with Crippen LogP contribution in [0.4, 0.5) is 0 Å². The van der Waals surface area contributed by atoms with Crippen LogP contribution >= 0.6 is 0 Å². The Balaban J connectivity index is 1.16. The Morgan fingerprint density at radius 2 is 1.41 bits per heavy atom. The van der Waals surface area contributed by atoms with Crippen molar-refractivity contribution in [3.05, 3.63) is 71.8 Å². The van der Waals surface area contributed by atoms with Gasteiger partial charge in [0.25, 0.3) is 0 Å². The van der Waals surface area contributed by atoms with E-state index in [-0.39, 0.29) is 41.5 Å². The molecule has 3 aliphatic rings. The summed E-state index contributed by atoms with van der Waals surface area (Å²) >= 11 is 0. The van der Waals surface area contributed by atoms with Crippen LogP contribution in [0.15, 0.2) is 60.7 Å². The van der Waals surface area contributed by atoms with Crippen LogP contribution in [0.3, 0.4) is 0 Å². The third kappa shape index (κ3) is 8.12. The maximum Gasteiger partial charge on any atom is 0.243 e. The van der Waals surface area contributed by atoms with Crippen LogP contribution < -0.4 is 27.0 Å². The van der Waals surface area contributed by atoms with Crippen LogP contribution in [0.25, 0.3) is 0 Å². The van der Waals surface area contributed by atoms with Gasteiger partial charge in [-0.2, -0.15) is 0 Å². The van der Waals surface area contributed by atoms with Crippen molar-refractivity contribution in [1.82, 2.24) is 26.2 Å². The molecule has 6 N–H and O–H groups in total. The Hall–Kier alpha value is -4.25. The summed E-state index contributed by atoms with van der Waals surface area (Å²) in [6, 6.07) is 16.0. The van der Waals surface area contributed by atoms with Crippen molar-refractivity contribution in [3.8, 4) is 0 Å². The highest BCUT2D eigenvalue weighted by molar-refractivity contribution is 5.94. The minimum absolute atomic E-state index is 0.0491. The first kappa shape index (κ1) is 33.1. The van der Waals surface area contributed by atoms with E-state index >= 15 is 0 Å². The molecule has 1 aliphatic carbocycles. The molecule has 2 saturated heterocycles. The Labute approximate surface area is 270 Å². The van der Waals surface area contributed by atoms with Crippen molar-refractivity contribution in [2.75, 3.05) is 26.2 Å². The van der Waals surface area contributed by atoms with Crippen LogP contribution in [0.2, 0.25) is 0 Å². The SMILES string of the molecule is CC(C)CC(NC(=O)[C@@H](Cc1ccccc1)NC(=O)C(N)Cc1ccccc1)C(=O)NCC(=O)N1CC2(C1)CC1(CNC(=O)C1)C2. The van der Waals surface area contributed by atoms with E-state index in [0.29, 0.717) is 32.4 Å². The zero-order valence-corrected chi connectivity index (χ0v) is 26.7. The summed E-state index contributed by atoms with van der Waals surface area (Å²) < 4.78 is 0. The van der Waals surface area contributed by atoms with E-state index in [0.717, 1.165) is 30.5 Å². The summed E-state index contributed by atoms with van der Waals surface area (Å²) in [7, 11) is 0. The van der Waals surface area contributed by atoms with Crippen molar-refractivity contribution in [2.24, 2.45) is 22.5 Å². The van der Waals surface area contributed by atoms with Gasteiger partial charge >= 0.3 is 0 Å². The minimum Gasteiger partial charge on any atom is -0.356 e. The van der Waals surface area contributed by atoms with Gasteiger partial charge in [-0.1, -0.05) is 74.5 Å². The zero-order valence-electron chi connectivity index (χ0n) is 26.7. The molecule has 5 amide bonds. The lowest BCUT2D eigenvalue weighted by atomic mass is 9.49. The van der Waals surface area contributed by atoms with Gasteiger partial charge < -0.3 is 31.9 Å². The molecule has 5 rings (SSSR count). The van der Waals surface area contributed by atoms with Gasteiger partial charge in [-0.3, -0.25) is 24.0 Å². The maximum absolute atomic E-state index is 13.7. The first-order valence-corrected chi connectivity index (χ1v) is 16.2. The lowest BCUT2D eigenvalue weighted by Crippen LogP contribution is -2.68. The molecule has 11 nitrogen and oxygen atoms in total. The normalized spacial score (nSPS) is 19.4. The van der Waals surface area contributed by atoms with Gasteiger partial charge in [-0.25, -0.2) is 0 Å². The van der Waals surface area contributed by atoms with Crippen molar-refractivity contribution in [1.29, 1.82) is 0 Å². The van der Waals surface area contributed by atoms with Gasteiger partial charge in [-0.15, -0.1) is 0 Å². The average Bonchev–Trinajstić information content (AvgIpc) is 3.38. The summed E-state index contributed by atoms with van der Waals surface area (Å²) in [5.41, 5.74) is 8.10. The number of carbonyl (C=O) groups excluding carboxylic acids is 5. The Morgan fingerprint density at radius 3 is 1.98 bits per heavy atom. The summed E-state index contributed by atoms with van der Waals surface area (Å²) in [5.74, 6) is -1.40. The number of hydrogen-bond acceptors (Lipinski definition) is 6. The molecule has 2 aromatic carbocycles. The highest BCUT2D eigenvalue weighted by atomic mass is 16.2. The summed E-state index contributed by atoms with van der Waals surface area (Å²) in [6.07, 6.45) is 3.33. The van der Waals surface area contributed by atoms with Crippen molar-refractivity contribution in [3.63, 3.8) is 0 Å². The third-order valence-electron chi connectivity index (χ3n) is 9.41. The monoisotopic (exact) mass is 630 g/mol. The highest BCUT2D eigenvalue weighted by Crippen LogP contribution is 2.61. The second-order valence-electron chi connectivity index (χ2n) is 14.0. The molecular formula is C35H46N6O5. The number of nitrogens with one attached hydrogen (secondary N) is 4. The molecule has 11 heteroatoms. The van der Waals surface area contributed by atoms with E-state index in [1.165, 1.54) is 0 Å². The molecule has 2 unspecified atom stereocenters. The molecule has 0 radical (unpaired) electrons. The maximum atomic E-state index is 13.7. The van der Waals surface area contributed by atoms with Gasteiger partial charge in [-0.05, 0) is 48.1 Å². The highest BCUT2D eigenvalue weighted by Gasteiger charge is 2.62. The number of carbonyl (C=O) groups is 5. The van der Waals surface area contributed by atoms with Crippen LogP contribution in [0.1, 0.15) is 50.7 Å². The number of nitrogens with zero attached hydrogens (tertiary/aromatic N) is 1. The third-order valence-corrected chi connectivity index (χ3v) is 9.41. The van der Waals surface area contributed by atoms with Gasteiger partial charge in [0, 0.05) is 37.9 Å². The molecule has 3 fully saturated rings. The Bertz CT molecular complexity index is 1420. The van der Waals surface area contributed by atoms with E-state index in [1.807, 2.05) is 74.5 Å². The smallest absolute Gasteiger partial charge is 0.243 e. The van der Waals surface area contributed by atoms with Gasteiger partial charge in [0.05, 0.1) is 12.6 Å². The van der Waals surface area contributed by atoms with E-state index in [1.54, 1.807) is 4.90 Å². The Kier molecular flexibility index (Phi) is 10.1. The van der Waals surface area contributed by atoms with Crippen LogP contribution in [0.5, 0.6) is 0 Å². The van der Waals surface area contributed by atoms with Crippen molar-refractivity contribution < 1.29 is 24.0 Å². The lowest BCUT2D eigenvalue weighted by molar-refractivity contribution is -0.166. The van der Waals surface area contributed by atoms with Crippen LogP contribution in [-0.2, 0) is 36.8 Å². The fraction of sp³-hybridized carbons (Fsp3) is 0.514. The standard InChI is InChI=1S/C35H46N6O5/c1-23(2)13-27(32(45)37-17-30(43)41-21-35(22-41)18-34(19-35)16-29(42)38-20-34)40-33(46)28(15-25-11-7-4-8-12-25)39-31(44)26(36)14-24-9-5-3-6-10-24/h3-12,23,26-28H,13-22,36H2,1-2H3,(H,37,45)(H,38,42)(H,39,44)(H,40,46)/t26?,27?,28-/m1/s1. The zero-order chi connectivity index (χ0) is 32.9. The number of benzene rings is 2. The predicted octanol–water partition coefficient (Wildman–Crippen LogP) is 1.06. The molecule has 1 saturated carbocycles. The van der Waals surface area contributed by atoms with E-state index in [2.05, 4.69) is 21.3 Å². The van der Waals surface area contributed by atoms with Crippen molar-refractivity contribution >= 4 is 29.5 Å². The number of rotatable bonds is 13. The second kappa shape index (κ2) is 14.0. The second-order valence-corrected chi connectivity index (χ2v) is 14.0.